The lowest BCUT2D eigenvalue weighted by Gasteiger charge is -2.07. The molecule has 72 valence electrons. The van der Waals surface area contributed by atoms with Crippen LogP contribution in [0.15, 0.2) is 11.1 Å². The Hall–Kier alpha value is -1.32. The van der Waals surface area contributed by atoms with E-state index in [0.717, 1.165) is 0 Å². The summed E-state index contributed by atoms with van der Waals surface area (Å²) >= 11 is 0. The minimum Gasteiger partial charge on any atom is -0.463 e. The number of carbonyl (C=O) groups is 2. The highest BCUT2D eigenvalue weighted by atomic mass is 16.5. The fourth-order valence-electron chi connectivity index (χ4n) is 1.36. The molecule has 0 aliphatic carbocycles. The molecule has 4 nitrogen and oxygen atoms in total. The molecule has 0 aromatic rings. The molecule has 1 atom stereocenters. The fourth-order valence-corrected chi connectivity index (χ4v) is 1.36. The van der Waals surface area contributed by atoms with Gasteiger partial charge in [-0.25, -0.2) is 4.79 Å². The van der Waals surface area contributed by atoms with Gasteiger partial charge in [-0.3, -0.25) is 4.79 Å². The summed E-state index contributed by atoms with van der Waals surface area (Å²) in [4.78, 5) is 22.5. The molecule has 4 heteroatoms. The third-order valence-electron chi connectivity index (χ3n) is 2.02. The first kappa shape index (κ1) is 9.77. The van der Waals surface area contributed by atoms with Gasteiger partial charge in [-0.2, -0.15) is 0 Å². The summed E-state index contributed by atoms with van der Waals surface area (Å²) < 4.78 is 4.83. The number of ether oxygens (including phenoxy) is 1. The first-order chi connectivity index (χ1) is 6.07. The van der Waals surface area contributed by atoms with Crippen LogP contribution < -0.4 is 5.32 Å². The molecular weight excluding hydrogens is 170 g/mol. The van der Waals surface area contributed by atoms with Crippen molar-refractivity contribution in [3.8, 4) is 0 Å². The van der Waals surface area contributed by atoms with Crippen LogP contribution in [0.4, 0.5) is 0 Å². The predicted octanol–water partition coefficient (Wildman–Crippen LogP) is 0.384. The zero-order valence-electron chi connectivity index (χ0n) is 8.01. The third kappa shape index (κ3) is 1.71. The first-order valence-electron chi connectivity index (χ1n) is 4.26. The summed E-state index contributed by atoms with van der Waals surface area (Å²) in [5.74, 6) is -0.582. The lowest BCUT2D eigenvalue weighted by Crippen LogP contribution is -2.28. The van der Waals surface area contributed by atoms with Crippen LogP contribution in [0.2, 0.25) is 0 Å². The van der Waals surface area contributed by atoms with Crippen LogP contribution in [0, 0.1) is 0 Å². The monoisotopic (exact) mass is 183 g/mol. The maximum atomic E-state index is 11.3. The summed E-state index contributed by atoms with van der Waals surface area (Å²) in [5, 5.41) is 2.64. The molecular formula is C9H13NO3. The average molecular weight is 183 g/mol. The second-order valence-corrected chi connectivity index (χ2v) is 2.95. The highest BCUT2D eigenvalue weighted by Crippen LogP contribution is 2.17. The average Bonchev–Trinajstić information content (AvgIpc) is 2.27. The molecule has 0 radical (unpaired) electrons. The number of hydrogen-bond acceptors (Lipinski definition) is 3. The molecule has 0 saturated carbocycles. The van der Waals surface area contributed by atoms with Gasteiger partial charge < -0.3 is 10.1 Å². The summed E-state index contributed by atoms with van der Waals surface area (Å²) in [6, 6.07) is -0.230. The molecule has 1 N–H and O–H groups in total. The van der Waals surface area contributed by atoms with Crippen LogP contribution in [0.1, 0.15) is 20.8 Å². The van der Waals surface area contributed by atoms with E-state index in [0.29, 0.717) is 17.8 Å². The van der Waals surface area contributed by atoms with Crippen LogP contribution in [0.5, 0.6) is 0 Å². The summed E-state index contributed by atoms with van der Waals surface area (Å²) in [6.07, 6.45) is 0. The molecule has 0 aromatic heterocycles. The van der Waals surface area contributed by atoms with E-state index in [-0.39, 0.29) is 11.9 Å². The molecule has 1 heterocycles. The zero-order valence-corrected chi connectivity index (χ0v) is 8.01. The largest absolute Gasteiger partial charge is 0.463 e. The Bertz CT molecular complexity index is 281. The normalized spacial score (nSPS) is 21.8. The molecule has 0 saturated heterocycles. The Morgan fingerprint density at radius 2 is 2.23 bits per heavy atom. The molecule has 0 aromatic carbocycles. The zero-order chi connectivity index (χ0) is 10.0. The Kier molecular flexibility index (Phi) is 2.70. The molecule has 1 aliphatic heterocycles. The minimum absolute atomic E-state index is 0.185. The molecule has 1 aliphatic rings. The van der Waals surface area contributed by atoms with E-state index in [1.54, 1.807) is 20.8 Å². The highest BCUT2D eigenvalue weighted by molar-refractivity contribution is 6.07. The van der Waals surface area contributed by atoms with Gasteiger partial charge in [0.25, 0.3) is 0 Å². The number of rotatable bonds is 2. The number of carbonyl (C=O) groups excluding carboxylic acids is 2. The fraction of sp³-hybridized carbons (Fsp3) is 0.556. The van der Waals surface area contributed by atoms with E-state index in [2.05, 4.69) is 5.32 Å². The standard InChI is InChI=1S/C9H13NO3/c1-4-13-9(12)7-5(2)8(11)10-6(7)3/h6H,4H2,1-3H3,(H,10,11). The van der Waals surface area contributed by atoms with Gasteiger partial charge in [-0.1, -0.05) is 0 Å². The molecule has 0 bridgehead atoms. The Labute approximate surface area is 76.9 Å². The topological polar surface area (TPSA) is 55.4 Å². The van der Waals surface area contributed by atoms with Gasteiger partial charge in [0.2, 0.25) is 5.91 Å². The van der Waals surface area contributed by atoms with E-state index in [1.165, 1.54) is 0 Å². The van der Waals surface area contributed by atoms with Crippen molar-refractivity contribution in [2.24, 2.45) is 0 Å². The maximum absolute atomic E-state index is 11.3. The van der Waals surface area contributed by atoms with Crippen molar-refractivity contribution in [1.82, 2.24) is 5.32 Å². The van der Waals surface area contributed by atoms with Gasteiger partial charge in [-0.15, -0.1) is 0 Å². The van der Waals surface area contributed by atoms with Gasteiger partial charge in [-0.05, 0) is 20.8 Å². The number of amides is 1. The first-order valence-corrected chi connectivity index (χ1v) is 4.26. The van der Waals surface area contributed by atoms with E-state index < -0.39 is 5.97 Å². The quantitative estimate of drug-likeness (QED) is 0.630. The molecule has 1 amide bonds. The van der Waals surface area contributed by atoms with Crippen molar-refractivity contribution in [3.05, 3.63) is 11.1 Å². The van der Waals surface area contributed by atoms with Crippen LogP contribution in [-0.4, -0.2) is 24.5 Å². The SMILES string of the molecule is CCOC(=O)C1=C(C)C(=O)NC1C. The minimum atomic E-state index is -0.397. The summed E-state index contributed by atoms with van der Waals surface area (Å²) in [7, 11) is 0. The van der Waals surface area contributed by atoms with Crippen LogP contribution >= 0.6 is 0 Å². The van der Waals surface area contributed by atoms with Crippen LogP contribution in [0.25, 0.3) is 0 Å². The van der Waals surface area contributed by atoms with E-state index in [1.807, 2.05) is 0 Å². The third-order valence-corrected chi connectivity index (χ3v) is 2.02. The van der Waals surface area contributed by atoms with Gasteiger partial charge in [0.05, 0.1) is 18.2 Å². The molecule has 13 heavy (non-hydrogen) atoms. The Balaban J connectivity index is 2.88. The van der Waals surface area contributed by atoms with Crippen molar-refractivity contribution in [3.63, 3.8) is 0 Å². The molecule has 0 fully saturated rings. The van der Waals surface area contributed by atoms with Gasteiger partial charge in [0.1, 0.15) is 0 Å². The smallest absolute Gasteiger partial charge is 0.336 e. The molecule has 1 rings (SSSR count). The van der Waals surface area contributed by atoms with E-state index in [4.69, 9.17) is 4.74 Å². The van der Waals surface area contributed by atoms with Crippen molar-refractivity contribution < 1.29 is 14.3 Å². The predicted molar refractivity (Wildman–Crippen MR) is 46.9 cm³/mol. The maximum Gasteiger partial charge on any atom is 0.336 e. The second kappa shape index (κ2) is 3.60. The Morgan fingerprint density at radius 1 is 1.62 bits per heavy atom. The second-order valence-electron chi connectivity index (χ2n) is 2.95. The highest BCUT2D eigenvalue weighted by Gasteiger charge is 2.31. The van der Waals surface area contributed by atoms with Gasteiger partial charge in [0.15, 0.2) is 0 Å². The molecule has 1 unspecified atom stereocenters. The van der Waals surface area contributed by atoms with Crippen LogP contribution in [0.3, 0.4) is 0 Å². The summed E-state index contributed by atoms with van der Waals surface area (Å²) in [5.41, 5.74) is 0.915. The molecule has 0 spiro atoms. The van der Waals surface area contributed by atoms with Crippen molar-refractivity contribution in [2.45, 2.75) is 26.8 Å². The number of hydrogen-bond donors (Lipinski definition) is 1. The lowest BCUT2D eigenvalue weighted by atomic mass is 10.1. The lowest BCUT2D eigenvalue weighted by molar-refractivity contribution is -0.138. The van der Waals surface area contributed by atoms with Crippen molar-refractivity contribution >= 4 is 11.9 Å². The van der Waals surface area contributed by atoms with Gasteiger partial charge >= 0.3 is 5.97 Å². The number of nitrogens with one attached hydrogen (secondary N) is 1. The number of esters is 1. The van der Waals surface area contributed by atoms with Crippen molar-refractivity contribution in [1.29, 1.82) is 0 Å². The Morgan fingerprint density at radius 3 is 2.62 bits per heavy atom. The van der Waals surface area contributed by atoms with Gasteiger partial charge in [0, 0.05) is 5.57 Å². The van der Waals surface area contributed by atoms with E-state index in [9.17, 15) is 9.59 Å². The van der Waals surface area contributed by atoms with Crippen LogP contribution in [-0.2, 0) is 14.3 Å². The summed E-state index contributed by atoms with van der Waals surface area (Å²) in [6.45, 7) is 5.46. The van der Waals surface area contributed by atoms with E-state index >= 15 is 0 Å². The van der Waals surface area contributed by atoms with Crippen molar-refractivity contribution in [2.75, 3.05) is 6.61 Å².